The smallest absolute Gasteiger partial charge is 0.315 e. The number of thiophene rings is 1. The number of H-pyrrole nitrogens is 1. The number of halogens is 1. The highest BCUT2D eigenvalue weighted by Gasteiger charge is 2.02. The van der Waals surface area contributed by atoms with Crippen LogP contribution in [-0.2, 0) is 13.0 Å². The zero-order valence-electron chi connectivity index (χ0n) is 10.2. The van der Waals surface area contributed by atoms with E-state index >= 15 is 0 Å². The molecule has 0 atom stereocenters. The largest absolute Gasteiger partial charge is 0.328 e. The third-order valence-electron chi connectivity index (χ3n) is 2.67. The minimum absolute atomic E-state index is 0.316. The molecule has 0 aromatic carbocycles. The summed E-state index contributed by atoms with van der Waals surface area (Å²) in [6, 6.07) is 2.06. The molecule has 0 fully saturated rings. The van der Waals surface area contributed by atoms with Crippen molar-refractivity contribution in [3.63, 3.8) is 0 Å². The van der Waals surface area contributed by atoms with Crippen molar-refractivity contribution in [2.45, 2.75) is 13.0 Å². The van der Waals surface area contributed by atoms with Crippen LogP contribution in [0.15, 0.2) is 32.6 Å². The number of nitrogens with zero attached hydrogens (tertiary/aromatic N) is 1. The Bertz CT molecular complexity index is 633. The minimum Gasteiger partial charge on any atom is -0.315 e. The molecule has 0 amide bonds. The molecule has 2 aromatic rings. The Morgan fingerprint density at radius 1 is 1.37 bits per heavy atom. The van der Waals surface area contributed by atoms with Gasteiger partial charge in [0, 0.05) is 13.1 Å². The van der Waals surface area contributed by atoms with E-state index in [0.717, 1.165) is 23.7 Å². The van der Waals surface area contributed by atoms with Crippen molar-refractivity contribution in [1.29, 1.82) is 0 Å². The molecule has 2 N–H and O–H groups in total. The molecule has 2 heterocycles. The first-order valence-corrected chi connectivity index (χ1v) is 6.82. The van der Waals surface area contributed by atoms with Gasteiger partial charge in [0.2, 0.25) is 5.82 Å². The Kier molecular flexibility index (Phi) is 4.64. The van der Waals surface area contributed by atoms with Crippen molar-refractivity contribution >= 4 is 11.3 Å². The molecule has 102 valence electrons. The normalized spacial score (nSPS) is 10.8. The van der Waals surface area contributed by atoms with Crippen LogP contribution in [-0.4, -0.2) is 22.6 Å². The van der Waals surface area contributed by atoms with Crippen LogP contribution in [0.2, 0.25) is 0 Å². The molecule has 0 saturated carbocycles. The van der Waals surface area contributed by atoms with E-state index < -0.39 is 17.1 Å². The Morgan fingerprint density at radius 3 is 2.95 bits per heavy atom. The molecule has 0 aliphatic heterocycles. The minimum atomic E-state index is -0.980. The van der Waals surface area contributed by atoms with Gasteiger partial charge in [-0.05, 0) is 35.4 Å². The molecule has 19 heavy (non-hydrogen) atoms. The van der Waals surface area contributed by atoms with Gasteiger partial charge in [-0.3, -0.25) is 14.3 Å². The van der Waals surface area contributed by atoms with Crippen LogP contribution in [0.5, 0.6) is 0 Å². The highest BCUT2D eigenvalue weighted by molar-refractivity contribution is 7.07. The summed E-state index contributed by atoms with van der Waals surface area (Å²) in [5.74, 6) is -0.946. The fourth-order valence-electron chi connectivity index (χ4n) is 1.64. The van der Waals surface area contributed by atoms with Gasteiger partial charge in [0.25, 0.3) is 5.56 Å². The lowest BCUT2D eigenvalue weighted by atomic mass is 10.2. The van der Waals surface area contributed by atoms with Crippen LogP contribution >= 0.6 is 11.3 Å². The number of hydrogen-bond donors (Lipinski definition) is 2. The number of aromatic amines is 1. The van der Waals surface area contributed by atoms with Crippen LogP contribution in [0.1, 0.15) is 5.56 Å². The van der Waals surface area contributed by atoms with E-state index in [4.69, 9.17) is 0 Å². The number of hydrogen-bond acceptors (Lipinski definition) is 4. The van der Waals surface area contributed by atoms with Gasteiger partial charge < -0.3 is 5.32 Å². The van der Waals surface area contributed by atoms with Crippen LogP contribution in [0.4, 0.5) is 4.39 Å². The summed E-state index contributed by atoms with van der Waals surface area (Å²) < 4.78 is 14.1. The average molecular weight is 283 g/mol. The van der Waals surface area contributed by atoms with Gasteiger partial charge in [-0.1, -0.05) is 0 Å². The van der Waals surface area contributed by atoms with Crippen LogP contribution in [0.25, 0.3) is 0 Å². The molecule has 0 radical (unpaired) electrons. The molecule has 0 saturated heterocycles. The fraction of sp³-hybridized carbons (Fsp3) is 0.333. The predicted molar refractivity (Wildman–Crippen MR) is 72.2 cm³/mol. The molecule has 2 aromatic heterocycles. The average Bonchev–Trinajstić information content (AvgIpc) is 2.88. The van der Waals surface area contributed by atoms with Gasteiger partial charge in [-0.2, -0.15) is 15.7 Å². The molecule has 0 spiro atoms. The van der Waals surface area contributed by atoms with Gasteiger partial charge >= 0.3 is 5.69 Å². The standard InChI is InChI=1S/C12H14FN3O2S/c13-10-7-16(12(18)15-11(10)17)5-4-14-3-1-9-2-6-19-8-9/h2,6-8,14H,1,3-5H2,(H,15,17,18). The van der Waals surface area contributed by atoms with Gasteiger partial charge in [-0.25, -0.2) is 4.79 Å². The van der Waals surface area contributed by atoms with Gasteiger partial charge in [0.05, 0.1) is 6.20 Å². The van der Waals surface area contributed by atoms with Crippen molar-refractivity contribution in [1.82, 2.24) is 14.9 Å². The quantitative estimate of drug-likeness (QED) is 0.762. The van der Waals surface area contributed by atoms with Crippen molar-refractivity contribution < 1.29 is 4.39 Å². The van der Waals surface area contributed by atoms with Crippen molar-refractivity contribution in [3.8, 4) is 0 Å². The van der Waals surface area contributed by atoms with Crippen molar-refractivity contribution in [2.75, 3.05) is 13.1 Å². The second-order valence-electron chi connectivity index (χ2n) is 4.06. The summed E-state index contributed by atoms with van der Waals surface area (Å²) in [5.41, 5.74) is -0.303. The molecule has 7 heteroatoms. The Labute approximate surface area is 112 Å². The molecule has 0 aliphatic rings. The summed E-state index contributed by atoms with van der Waals surface area (Å²) in [6.07, 6.45) is 1.85. The summed E-state index contributed by atoms with van der Waals surface area (Å²) in [4.78, 5) is 24.1. The molecule has 0 aliphatic carbocycles. The Balaban J connectivity index is 1.78. The van der Waals surface area contributed by atoms with E-state index in [1.165, 1.54) is 5.56 Å². The van der Waals surface area contributed by atoms with Crippen molar-refractivity contribution in [2.24, 2.45) is 0 Å². The van der Waals surface area contributed by atoms with E-state index in [9.17, 15) is 14.0 Å². The lowest BCUT2D eigenvalue weighted by molar-refractivity contribution is 0.530. The summed E-state index contributed by atoms with van der Waals surface area (Å²) >= 11 is 1.66. The second-order valence-corrected chi connectivity index (χ2v) is 4.84. The molecule has 2 rings (SSSR count). The molecule has 0 bridgehead atoms. The zero-order chi connectivity index (χ0) is 13.7. The maximum Gasteiger partial charge on any atom is 0.328 e. The molecule has 0 unspecified atom stereocenters. The van der Waals surface area contributed by atoms with Crippen LogP contribution in [0, 0.1) is 5.82 Å². The van der Waals surface area contributed by atoms with E-state index in [1.54, 1.807) is 11.3 Å². The van der Waals surface area contributed by atoms with Crippen molar-refractivity contribution in [3.05, 3.63) is 55.2 Å². The lowest BCUT2D eigenvalue weighted by Gasteiger charge is -2.06. The third-order valence-corrected chi connectivity index (χ3v) is 3.40. The van der Waals surface area contributed by atoms with Gasteiger partial charge in [-0.15, -0.1) is 0 Å². The molecule has 5 nitrogen and oxygen atoms in total. The number of rotatable bonds is 6. The van der Waals surface area contributed by atoms with Crippen LogP contribution < -0.4 is 16.6 Å². The van der Waals surface area contributed by atoms with E-state index in [1.807, 2.05) is 10.4 Å². The summed E-state index contributed by atoms with van der Waals surface area (Å²) in [7, 11) is 0. The Hall–Kier alpha value is -1.73. The van der Waals surface area contributed by atoms with Crippen LogP contribution in [0.3, 0.4) is 0 Å². The first-order chi connectivity index (χ1) is 9.16. The monoisotopic (exact) mass is 283 g/mol. The van der Waals surface area contributed by atoms with E-state index in [-0.39, 0.29) is 0 Å². The maximum atomic E-state index is 13.0. The highest BCUT2D eigenvalue weighted by atomic mass is 32.1. The maximum absolute atomic E-state index is 13.0. The summed E-state index contributed by atoms with van der Waals surface area (Å²) in [5, 5.41) is 7.28. The first kappa shape index (κ1) is 13.7. The molecular weight excluding hydrogens is 269 g/mol. The number of aromatic nitrogens is 2. The fourth-order valence-corrected chi connectivity index (χ4v) is 2.34. The van der Waals surface area contributed by atoms with E-state index in [0.29, 0.717) is 13.1 Å². The zero-order valence-corrected chi connectivity index (χ0v) is 11.0. The van der Waals surface area contributed by atoms with Gasteiger partial charge in [0.15, 0.2) is 0 Å². The third kappa shape index (κ3) is 3.87. The predicted octanol–water partition coefficient (Wildman–Crippen LogP) is 0.569. The molecular formula is C12H14FN3O2S. The lowest BCUT2D eigenvalue weighted by Crippen LogP contribution is -2.34. The SMILES string of the molecule is O=c1[nH]c(=O)n(CCNCCc2ccsc2)cc1F. The highest BCUT2D eigenvalue weighted by Crippen LogP contribution is 2.05. The topological polar surface area (TPSA) is 66.9 Å². The van der Waals surface area contributed by atoms with E-state index in [2.05, 4.69) is 16.8 Å². The second kappa shape index (κ2) is 6.44. The number of nitrogens with one attached hydrogen (secondary N) is 2. The summed E-state index contributed by atoms with van der Waals surface area (Å²) in [6.45, 7) is 1.64. The first-order valence-electron chi connectivity index (χ1n) is 5.88. The van der Waals surface area contributed by atoms with Gasteiger partial charge in [0.1, 0.15) is 0 Å². The Morgan fingerprint density at radius 2 is 2.21 bits per heavy atom.